The zero-order valence-electron chi connectivity index (χ0n) is 9.67. The molecule has 0 radical (unpaired) electrons. The van der Waals surface area contributed by atoms with E-state index in [1.54, 1.807) is 0 Å². The predicted molar refractivity (Wildman–Crippen MR) is 48.3 cm³/mol. The zero-order valence-corrected chi connectivity index (χ0v) is 11.7. The topological polar surface area (TPSA) is 58.6 Å². The molecule has 4 nitrogen and oxygen atoms in total. The van der Waals surface area contributed by atoms with Gasteiger partial charge in [-0.25, -0.2) is 0 Å². The summed E-state index contributed by atoms with van der Waals surface area (Å²) in [6, 6.07) is 0. The molecular weight excluding hydrogens is 195 g/mol. The molecule has 0 fully saturated rings. The molecule has 0 saturated carbocycles. The van der Waals surface area contributed by atoms with Gasteiger partial charge in [-0.15, -0.1) is 0 Å². The quantitative estimate of drug-likeness (QED) is 0.354. The molecule has 0 N–H and O–H groups in total. The number of carboxylic acids is 1. The molecule has 0 aliphatic rings. The van der Waals surface area contributed by atoms with E-state index in [0.717, 1.165) is 13.2 Å². The summed E-state index contributed by atoms with van der Waals surface area (Å²) in [7, 11) is 0. The minimum Gasteiger partial charge on any atom is -0.550 e. The molecule has 80 valence electrons. The molecule has 0 rings (SSSR count). The van der Waals surface area contributed by atoms with Gasteiger partial charge in [-0.2, -0.15) is 0 Å². The Morgan fingerprint density at radius 3 is 1.71 bits per heavy atom. The van der Waals surface area contributed by atoms with Crippen molar-refractivity contribution >= 4 is 5.97 Å². The van der Waals surface area contributed by atoms with Crippen LogP contribution in [0.1, 0.15) is 27.2 Å². The SMILES string of the molecule is CCOCC.CCOCCC(=O)[O-].[Na+]. The van der Waals surface area contributed by atoms with Crippen LogP contribution in [0.15, 0.2) is 0 Å². The summed E-state index contributed by atoms with van der Waals surface area (Å²) in [5.41, 5.74) is 0. The molecule has 14 heavy (non-hydrogen) atoms. The van der Waals surface area contributed by atoms with Crippen LogP contribution in [-0.2, 0) is 14.3 Å². The van der Waals surface area contributed by atoms with Gasteiger partial charge in [0.2, 0.25) is 0 Å². The van der Waals surface area contributed by atoms with Gasteiger partial charge in [-0.3, -0.25) is 0 Å². The predicted octanol–water partition coefficient (Wildman–Crippen LogP) is -2.79. The second-order valence-corrected chi connectivity index (χ2v) is 2.10. The van der Waals surface area contributed by atoms with Crippen molar-refractivity contribution in [3.8, 4) is 0 Å². The smallest absolute Gasteiger partial charge is 0.550 e. The Bertz CT molecular complexity index is 107. The third-order valence-electron chi connectivity index (χ3n) is 1.06. The van der Waals surface area contributed by atoms with E-state index < -0.39 is 5.97 Å². The third-order valence-corrected chi connectivity index (χ3v) is 1.06. The van der Waals surface area contributed by atoms with E-state index in [9.17, 15) is 9.90 Å². The van der Waals surface area contributed by atoms with Crippen molar-refractivity contribution in [3.63, 3.8) is 0 Å². The van der Waals surface area contributed by atoms with Crippen molar-refractivity contribution in [1.82, 2.24) is 0 Å². The largest absolute Gasteiger partial charge is 1.00 e. The van der Waals surface area contributed by atoms with Gasteiger partial charge in [-0.1, -0.05) is 0 Å². The molecule has 5 heteroatoms. The number of rotatable bonds is 6. The first kappa shape index (κ1) is 19.9. The second-order valence-electron chi connectivity index (χ2n) is 2.10. The van der Waals surface area contributed by atoms with Gasteiger partial charge < -0.3 is 19.4 Å². The maximum atomic E-state index is 9.68. The van der Waals surface area contributed by atoms with Crippen molar-refractivity contribution in [2.24, 2.45) is 0 Å². The number of hydrogen-bond acceptors (Lipinski definition) is 4. The van der Waals surface area contributed by atoms with Gasteiger partial charge >= 0.3 is 29.6 Å². The van der Waals surface area contributed by atoms with Crippen LogP contribution >= 0.6 is 0 Å². The molecular formula is C9H19NaO4. The summed E-state index contributed by atoms with van der Waals surface area (Å²) >= 11 is 0. The summed E-state index contributed by atoms with van der Waals surface area (Å²) < 4.78 is 9.56. The van der Waals surface area contributed by atoms with Gasteiger partial charge in [0.25, 0.3) is 0 Å². The third kappa shape index (κ3) is 29.4. The Morgan fingerprint density at radius 1 is 1.07 bits per heavy atom. The van der Waals surface area contributed by atoms with Gasteiger partial charge in [0, 0.05) is 32.2 Å². The van der Waals surface area contributed by atoms with Crippen LogP contribution in [0.4, 0.5) is 0 Å². The maximum Gasteiger partial charge on any atom is 1.00 e. The molecule has 0 saturated heterocycles. The first-order valence-electron chi connectivity index (χ1n) is 4.54. The second kappa shape index (κ2) is 19.0. The summed E-state index contributed by atoms with van der Waals surface area (Å²) in [5, 5.41) is 9.68. The standard InChI is InChI=1S/C5H10O3.C4H10O.Na/c1-2-8-4-3-5(6)7;1-3-5-4-2;/h2-4H2,1H3,(H,6,7);3-4H2,1-2H3;/q;;+1/p-1. The molecule has 0 bridgehead atoms. The molecule has 0 atom stereocenters. The Kier molecular flexibility index (Phi) is 27.0. The van der Waals surface area contributed by atoms with E-state index in [4.69, 9.17) is 9.47 Å². The van der Waals surface area contributed by atoms with Gasteiger partial charge in [0.15, 0.2) is 0 Å². The minimum absolute atomic E-state index is 0. The first-order chi connectivity index (χ1) is 6.18. The van der Waals surface area contributed by atoms with E-state index >= 15 is 0 Å². The van der Waals surface area contributed by atoms with Gasteiger partial charge in [-0.05, 0) is 20.8 Å². The number of ether oxygens (including phenoxy) is 2. The van der Waals surface area contributed by atoms with Crippen molar-refractivity contribution in [2.75, 3.05) is 26.4 Å². The normalized spacial score (nSPS) is 8.21. The fourth-order valence-electron chi connectivity index (χ4n) is 0.504. The first-order valence-corrected chi connectivity index (χ1v) is 4.54. The Morgan fingerprint density at radius 2 is 1.50 bits per heavy atom. The summed E-state index contributed by atoms with van der Waals surface area (Å²) in [4.78, 5) is 9.68. The average molecular weight is 214 g/mol. The van der Waals surface area contributed by atoms with Crippen LogP contribution < -0.4 is 34.7 Å². The van der Waals surface area contributed by atoms with E-state index in [1.165, 1.54) is 0 Å². The van der Waals surface area contributed by atoms with E-state index in [2.05, 4.69) is 0 Å². The van der Waals surface area contributed by atoms with Gasteiger partial charge in [0.05, 0.1) is 6.61 Å². The van der Waals surface area contributed by atoms with Crippen molar-refractivity contribution < 1.29 is 48.9 Å². The zero-order chi connectivity index (χ0) is 10.5. The summed E-state index contributed by atoms with van der Waals surface area (Å²) in [6.45, 7) is 8.31. The molecule has 0 heterocycles. The molecule has 0 aliphatic heterocycles. The Labute approximate surface area is 108 Å². The number of carboxylic acid groups (broad SMARTS) is 1. The molecule has 0 amide bonds. The molecule has 0 aromatic rings. The minimum atomic E-state index is -1.06. The molecule has 0 aromatic carbocycles. The van der Waals surface area contributed by atoms with Crippen molar-refractivity contribution in [2.45, 2.75) is 27.2 Å². The van der Waals surface area contributed by atoms with E-state index in [1.807, 2.05) is 20.8 Å². The molecule has 0 unspecified atom stereocenters. The van der Waals surface area contributed by atoms with Crippen LogP contribution in [0, 0.1) is 0 Å². The van der Waals surface area contributed by atoms with Crippen molar-refractivity contribution in [3.05, 3.63) is 0 Å². The molecule has 0 spiro atoms. The van der Waals surface area contributed by atoms with Crippen molar-refractivity contribution in [1.29, 1.82) is 0 Å². The fraction of sp³-hybridized carbons (Fsp3) is 0.889. The molecule has 0 aliphatic carbocycles. The van der Waals surface area contributed by atoms with E-state index in [0.29, 0.717) is 6.61 Å². The number of aliphatic carboxylic acids is 1. The number of hydrogen-bond donors (Lipinski definition) is 0. The van der Waals surface area contributed by atoms with Gasteiger partial charge in [0.1, 0.15) is 0 Å². The maximum absolute atomic E-state index is 9.68. The number of carbonyl (C=O) groups is 1. The average Bonchev–Trinajstić information content (AvgIpc) is 2.07. The summed E-state index contributed by atoms with van der Waals surface area (Å²) in [5.74, 6) is -1.06. The van der Waals surface area contributed by atoms with E-state index in [-0.39, 0.29) is 42.6 Å². The Hall–Kier alpha value is 0.390. The Balaban J connectivity index is -0.000000177. The monoisotopic (exact) mass is 214 g/mol. The summed E-state index contributed by atoms with van der Waals surface area (Å²) in [6.07, 6.45) is -0.00611. The van der Waals surface area contributed by atoms with Crippen LogP contribution in [0.3, 0.4) is 0 Å². The van der Waals surface area contributed by atoms with Crippen LogP contribution in [-0.4, -0.2) is 32.4 Å². The fourth-order valence-corrected chi connectivity index (χ4v) is 0.504. The van der Waals surface area contributed by atoms with Crippen LogP contribution in [0.5, 0.6) is 0 Å². The van der Waals surface area contributed by atoms with Crippen LogP contribution in [0.2, 0.25) is 0 Å². The molecule has 0 aromatic heterocycles. The number of carbonyl (C=O) groups excluding carboxylic acids is 1. The van der Waals surface area contributed by atoms with Crippen LogP contribution in [0.25, 0.3) is 0 Å².